The van der Waals surface area contributed by atoms with Crippen molar-refractivity contribution in [2.75, 3.05) is 33.2 Å². The molecular formula is C24H33N5O. The number of nitriles is 1. The van der Waals surface area contributed by atoms with Crippen molar-refractivity contribution in [2.45, 2.75) is 45.1 Å². The van der Waals surface area contributed by atoms with E-state index in [9.17, 15) is 10.1 Å². The maximum Gasteiger partial charge on any atom is 0.317 e. The Hall–Kier alpha value is -2.65. The summed E-state index contributed by atoms with van der Waals surface area (Å²) in [4.78, 5) is 21.4. The van der Waals surface area contributed by atoms with E-state index in [1.807, 2.05) is 36.1 Å². The van der Waals surface area contributed by atoms with Crippen LogP contribution in [0.3, 0.4) is 0 Å². The number of allylic oxidation sites excluding steroid dienone is 1. The van der Waals surface area contributed by atoms with Crippen molar-refractivity contribution in [3.05, 3.63) is 34.9 Å². The molecule has 0 radical (unpaired) electrons. The average molecular weight is 408 g/mol. The van der Waals surface area contributed by atoms with E-state index in [0.717, 1.165) is 50.0 Å². The zero-order valence-corrected chi connectivity index (χ0v) is 18.4. The first-order chi connectivity index (χ1) is 14.5. The van der Waals surface area contributed by atoms with Gasteiger partial charge in [-0.05, 0) is 70.6 Å². The van der Waals surface area contributed by atoms with Gasteiger partial charge in [0.25, 0.3) is 0 Å². The molecule has 1 aromatic rings. The number of urea groups is 1. The van der Waals surface area contributed by atoms with Crippen molar-refractivity contribution in [3.8, 4) is 6.07 Å². The lowest BCUT2D eigenvalue weighted by atomic mass is 9.82. The molecule has 2 atom stereocenters. The highest BCUT2D eigenvalue weighted by Gasteiger charge is 2.31. The smallest absolute Gasteiger partial charge is 0.317 e. The van der Waals surface area contributed by atoms with Crippen LogP contribution in [0.2, 0.25) is 0 Å². The van der Waals surface area contributed by atoms with Gasteiger partial charge in [0, 0.05) is 30.6 Å². The molecule has 2 heterocycles. The van der Waals surface area contributed by atoms with E-state index in [2.05, 4.69) is 42.0 Å². The molecule has 0 spiro atoms. The van der Waals surface area contributed by atoms with Gasteiger partial charge in [0.2, 0.25) is 0 Å². The lowest BCUT2D eigenvalue weighted by Gasteiger charge is -2.39. The van der Waals surface area contributed by atoms with Crippen molar-refractivity contribution in [1.29, 1.82) is 5.26 Å². The predicted molar refractivity (Wildman–Crippen MR) is 122 cm³/mol. The fourth-order valence-corrected chi connectivity index (χ4v) is 4.74. The minimum atomic E-state index is 0.0457. The highest BCUT2D eigenvalue weighted by Crippen LogP contribution is 2.37. The molecule has 2 amide bonds. The number of hydrogen-bond donors (Lipinski definition) is 1. The highest BCUT2D eigenvalue weighted by molar-refractivity contribution is 5.76. The number of aliphatic imine (C=N–C) groups is 1. The van der Waals surface area contributed by atoms with Crippen molar-refractivity contribution in [3.63, 3.8) is 0 Å². The molecule has 160 valence electrons. The summed E-state index contributed by atoms with van der Waals surface area (Å²) in [6.45, 7) is 11.4. The van der Waals surface area contributed by atoms with Gasteiger partial charge in [-0.25, -0.2) is 4.79 Å². The van der Waals surface area contributed by atoms with Crippen LogP contribution < -0.4 is 5.32 Å². The Balaban J connectivity index is 1.81. The summed E-state index contributed by atoms with van der Waals surface area (Å²) in [5.74, 6) is 0.609. The van der Waals surface area contributed by atoms with E-state index >= 15 is 0 Å². The van der Waals surface area contributed by atoms with Crippen molar-refractivity contribution in [2.24, 2.45) is 10.9 Å². The topological polar surface area (TPSA) is 71.7 Å². The minimum absolute atomic E-state index is 0.0457. The Labute approximate surface area is 180 Å². The molecule has 3 rings (SSSR count). The van der Waals surface area contributed by atoms with Crippen LogP contribution in [0.5, 0.6) is 0 Å². The first-order valence-electron chi connectivity index (χ1n) is 10.9. The molecule has 0 aromatic heterocycles. The molecule has 2 aliphatic heterocycles. The first kappa shape index (κ1) is 22.0. The Morgan fingerprint density at radius 1 is 1.33 bits per heavy atom. The van der Waals surface area contributed by atoms with Gasteiger partial charge in [0.05, 0.1) is 11.3 Å². The van der Waals surface area contributed by atoms with Crippen molar-refractivity contribution >= 4 is 24.5 Å². The first-order valence-corrected chi connectivity index (χ1v) is 10.9. The van der Waals surface area contributed by atoms with Gasteiger partial charge in [-0.2, -0.15) is 5.26 Å². The van der Waals surface area contributed by atoms with E-state index in [4.69, 9.17) is 0 Å². The van der Waals surface area contributed by atoms with E-state index in [0.29, 0.717) is 23.7 Å². The Kier molecular flexibility index (Phi) is 7.28. The molecule has 0 saturated carbocycles. The molecule has 2 fully saturated rings. The normalized spacial score (nSPS) is 23.3. The van der Waals surface area contributed by atoms with Crippen LogP contribution in [0, 0.1) is 17.2 Å². The number of hydrogen-bond acceptors (Lipinski definition) is 4. The fourth-order valence-electron chi connectivity index (χ4n) is 4.74. The number of nitrogens with one attached hydrogen (secondary N) is 1. The van der Waals surface area contributed by atoms with Gasteiger partial charge >= 0.3 is 6.03 Å². The molecule has 6 nitrogen and oxygen atoms in total. The number of carbonyl (C=O) groups excluding carboxylic acids is 1. The number of piperidine rings is 2. The zero-order valence-electron chi connectivity index (χ0n) is 18.4. The van der Waals surface area contributed by atoms with E-state index in [1.165, 1.54) is 0 Å². The lowest BCUT2D eigenvalue weighted by molar-refractivity contribution is 0.150. The summed E-state index contributed by atoms with van der Waals surface area (Å²) >= 11 is 0. The second-order valence-electron chi connectivity index (χ2n) is 8.70. The molecule has 1 aromatic carbocycles. The Morgan fingerprint density at radius 2 is 2.07 bits per heavy atom. The van der Waals surface area contributed by atoms with Gasteiger partial charge in [-0.3, -0.25) is 4.99 Å². The van der Waals surface area contributed by atoms with Gasteiger partial charge in [-0.1, -0.05) is 25.1 Å². The molecule has 2 saturated heterocycles. The molecule has 0 bridgehead atoms. The van der Waals surface area contributed by atoms with Gasteiger partial charge in [0.1, 0.15) is 6.07 Å². The Morgan fingerprint density at radius 3 is 2.70 bits per heavy atom. The van der Waals surface area contributed by atoms with Crippen LogP contribution in [-0.4, -0.2) is 61.8 Å². The third kappa shape index (κ3) is 4.91. The van der Waals surface area contributed by atoms with Gasteiger partial charge in [-0.15, -0.1) is 0 Å². The SMILES string of the molecule is C=Nc1c(C#N)ccc(C2CC(C)CN(C(=O)NC3CCN(C)CC3)C2)c1/C=C\C. The molecular weight excluding hydrogens is 374 g/mol. The van der Waals surface area contributed by atoms with Crippen LogP contribution in [0.15, 0.2) is 23.2 Å². The van der Waals surface area contributed by atoms with Gasteiger partial charge in [0.15, 0.2) is 0 Å². The molecule has 30 heavy (non-hydrogen) atoms. The van der Waals surface area contributed by atoms with Crippen molar-refractivity contribution < 1.29 is 4.79 Å². The monoisotopic (exact) mass is 407 g/mol. The maximum atomic E-state index is 13.0. The summed E-state index contributed by atoms with van der Waals surface area (Å²) in [6, 6.07) is 6.37. The largest absolute Gasteiger partial charge is 0.335 e. The molecule has 1 N–H and O–H groups in total. The van der Waals surface area contributed by atoms with Crippen LogP contribution in [0.4, 0.5) is 10.5 Å². The van der Waals surface area contributed by atoms with Crippen LogP contribution in [0.25, 0.3) is 6.08 Å². The summed E-state index contributed by atoms with van der Waals surface area (Å²) in [5, 5.41) is 12.7. The summed E-state index contributed by atoms with van der Waals surface area (Å²) < 4.78 is 0. The molecule has 0 aliphatic carbocycles. The second kappa shape index (κ2) is 9.90. The quantitative estimate of drug-likeness (QED) is 0.762. The number of nitrogens with zero attached hydrogens (tertiary/aromatic N) is 4. The predicted octanol–water partition coefficient (Wildman–Crippen LogP) is 4.15. The molecule has 6 heteroatoms. The summed E-state index contributed by atoms with van der Waals surface area (Å²) in [5.41, 5.74) is 3.25. The number of likely N-dealkylation sites (tertiary alicyclic amines) is 2. The number of rotatable bonds is 4. The number of carbonyl (C=O) groups is 1. The van der Waals surface area contributed by atoms with Crippen LogP contribution in [0.1, 0.15) is 55.7 Å². The summed E-state index contributed by atoms with van der Waals surface area (Å²) in [6.07, 6.45) is 6.98. The van der Waals surface area contributed by atoms with Crippen molar-refractivity contribution in [1.82, 2.24) is 15.1 Å². The average Bonchev–Trinajstić information content (AvgIpc) is 2.74. The second-order valence-corrected chi connectivity index (χ2v) is 8.70. The standard InChI is InChI=1S/C24H33N5O/c1-5-6-22-21(8-7-18(14-25)23(22)26-3)19-13-17(2)15-29(16-19)24(30)27-20-9-11-28(4)12-10-20/h5-8,17,19-20H,3,9-13,15-16H2,1-2,4H3,(H,27,30)/b6-5-. The van der Waals surface area contributed by atoms with E-state index in [1.54, 1.807) is 0 Å². The zero-order chi connectivity index (χ0) is 21.7. The van der Waals surface area contributed by atoms with Gasteiger partial charge < -0.3 is 15.1 Å². The minimum Gasteiger partial charge on any atom is -0.335 e. The number of amides is 2. The molecule has 2 aliphatic rings. The van der Waals surface area contributed by atoms with E-state index < -0.39 is 0 Å². The highest BCUT2D eigenvalue weighted by atomic mass is 16.2. The fraction of sp³-hybridized carbons (Fsp3) is 0.542. The van der Waals surface area contributed by atoms with E-state index in [-0.39, 0.29) is 18.0 Å². The third-order valence-electron chi connectivity index (χ3n) is 6.30. The maximum absolute atomic E-state index is 13.0. The third-order valence-corrected chi connectivity index (χ3v) is 6.30. The number of benzene rings is 1. The summed E-state index contributed by atoms with van der Waals surface area (Å²) in [7, 11) is 2.13. The molecule has 2 unspecified atom stereocenters. The van der Waals surface area contributed by atoms with Crippen LogP contribution >= 0.6 is 0 Å². The van der Waals surface area contributed by atoms with Crippen LogP contribution in [-0.2, 0) is 0 Å². The Bertz CT molecular complexity index is 848. The lowest BCUT2D eigenvalue weighted by Crippen LogP contribution is -2.52.